The van der Waals surface area contributed by atoms with E-state index < -0.39 is 0 Å². The molecule has 0 saturated heterocycles. The molecular weight excluding hydrogens is 248 g/mol. The Bertz CT molecular complexity index is 772. The van der Waals surface area contributed by atoms with Crippen LogP contribution in [0, 0.1) is 0 Å². The molecule has 3 rings (SSSR count). The topological polar surface area (TPSA) is 38.0 Å². The van der Waals surface area contributed by atoms with E-state index in [1.807, 2.05) is 23.9 Å². The fourth-order valence-corrected chi connectivity index (χ4v) is 2.56. The minimum absolute atomic E-state index is 0.300. The Balaban J connectivity index is 2.17. The summed E-state index contributed by atoms with van der Waals surface area (Å²) in [6.07, 6.45) is 2.07. The van der Waals surface area contributed by atoms with E-state index in [0.717, 1.165) is 16.5 Å². The van der Waals surface area contributed by atoms with Gasteiger partial charge in [-0.3, -0.25) is 4.68 Å². The number of aromatic hydroxyl groups is 1. The first-order valence-corrected chi connectivity index (χ1v) is 6.81. The highest BCUT2D eigenvalue weighted by Gasteiger charge is 2.13. The maximum absolute atomic E-state index is 9.52. The van der Waals surface area contributed by atoms with Crippen molar-refractivity contribution >= 4 is 10.8 Å². The molecule has 0 fully saturated rings. The highest BCUT2D eigenvalue weighted by molar-refractivity contribution is 5.88. The number of nitrogens with zero attached hydrogens (tertiary/aromatic N) is 2. The molecule has 0 amide bonds. The summed E-state index contributed by atoms with van der Waals surface area (Å²) in [5.74, 6) is 0.691. The molecule has 20 heavy (non-hydrogen) atoms. The number of fused-ring (bicyclic) bond motifs is 1. The molecule has 3 nitrogen and oxygen atoms in total. The summed E-state index contributed by atoms with van der Waals surface area (Å²) in [5, 5.41) is 16.2. The highest BCUT2D eigenvalue weighted by Crippen LogP contribution is 2.31. The van der Waals surface area contributed by atoms with Gasteiger partial charge in [0.1, 0.15) is 5.75 Å². The van der Waals surface area contributed by atoms with Crippen LogP contribution >= 0.6 is 0 Å². The number of rotatable bonds is 2. The van der Waals surface area contributed by atoms with Crippen LogP contribution in [0.3, 0.4) is 0 Å². The van der Waals surface area contributed by atoms with Gasteiger partial charge in [0.15, 0.2) is 0 Å². The zero-order chi connectivity index (χ0) is 14.3. The van der Waals surface area contributed by atoms with Crippen LogP contribution in [0.4, 0.5) is 0 Å². The predicted molar refractivity (Wildman–Crippen MR) is 81.9 cm³/mol. The third-order valence-electron chi connectivity index (χ3n) is 3.54. The van der Waals surface area contributed by atoms with E-state index in [2.05, 4.69) is 37.3 Å². The van der Waals surface area contributed by atoms with Gasteiger partial charge in [0.25, 0.3) is 0 Å². The molecule has 3 heteroatoms. The number of phenols is 1. The van der Waals surface area contributed by atoms with Crippen molar-refractivity contribution in [3.05, 3.63) is 48.3 Å². The van der Waals surface area contributed by atoms with Crippen molar-refractivity contribution < 1.29 is 5.11 Å². The standard InChI is InChI=1S/C17H18N2O/c1-11(2)17-16(10-19(3)18-17)14-5-4-13-9-15(20)7-6-12(13)8-14/h4-11,20H,1-3H3. The van der Waals surface area contributed by atoms with Crippen molar-refractivity contribution in [1.29, 1.82) is 0 Å². The van der Waals surface area contributed by atoms with Crippen molar-refractivity contribution in [2.24, 2.45) is 7.05 Å². The van der Waals surface area contributed by atoms with E-state index in [0.29, 0.717) is 11.7 Å². The van der Waals surface area contributed by atoms with E-state index in [9.17, 15) is 5.11 Å². The molecule has 0 radical (unpaired) electrons. The third kappa shape index (κ3) is 2.16. The molecular formula is C17H18N2O. The van der Waals surface area contributed by atoms with Gasteiger partial charge in [0, 0.05) is 18.8 Å². The van der Waals surface area contributed by atoms with Gasteiger partial charge in [-0.05, 0) is 40.5 Å². The molecule has 0 aliphatic carbocycles. The summed E-state index contributed by atoms with van der Waals surface area (Å²) in [6, 6.07) is 11.7. The fourth-order valence-electron chi connectivity index (χ4n) is 2.56. The monoisotopic (exact) mass is 266 g/mol. The second kappa shape index (κ2) is 4.67. The van der Waals surface area contributed by atoms with Crippen LogP contribution in [0.25, 0.3) is 21.9 Å². The molecule has 3 aromatic rings. The predicted octanol–water partition coefficient (Wildman–Crippen LogP) is 4.07. The van der Waals surface area contributed by atoms with Crippen LogP contribution in [-0.4, -0.2) is 14.9 Å². The van der Waals surface area contributed by atoms with Gasteiger partial charge in [-0.2, -0.15) is 5.10 Å². The minimum atomic E-state index is 0.300. The Kier molecular flexibility index (Phi) is 2.97. The second-order valence-electron chi connectivity index (χ2n) is 5.50. The number of hydrogen-bond donors (Lipinski definition) is 1. The van der Waals surface area contributed by atoms with Crippen molar-refractivity contribution in [2.75, 3.05) is 0 Å². The van der Waals surface area contributed by atoms with Crippen molar-refractivity contribution in [3.63, 3.8) is 0 Å². The van der Waals surface area contributed by atoms with E-state index in [4.69, 9.17) is 0 Å². The molecule has 1 heterocycles. The number of phenolic OH excluding ortho intramolecular Hbond substituents is 1. The number of aryl methyl sites for hydroxylation is 1. The van der Waals surface area contributed by atoms with Gasteiger partial charge in [-0.15, -0.1) is 0 Å². The molecule has 1 N–H and O–H groups in total. The Morgan fingerprint density at radius 1 is 1.05 bits per heavy atom. The lowest BCUT2D eigenvalue weighted by atomic mass is 9.98. The first kappa shape index (κ1) is 12.7. The first-order valence-electron chi connectivity index (χ1n) is 6.81. The molecule has 0 bridgehead atoms. The van der Waals surface area contributed by atoms with Gasteiger partial charge in [-0.1, -0.05) is 32.0 Å². The number of hydrogen-bond acceptors (Lipinski definition) is 2. The van der Waals surface area contributed by atoms with E-state index in [1.165, 1.54) is 11.1 Å². The number of benzene rings is 2. The molecule has 0 spiro atoms. The Morgan fingerprint density at radius 3 is 2.50 bits per heavy atom. The highest BCUT2D eigenvalue weighted by atomic mass is 16.3. The SMILES string of the molecule is CC(C)c1nn(C)cc1-c1ccc2cc(O)ccc2c1. The van der Waals surface area contributed by atoms with Crippen LogP contribution in [0.15, 0.2) is 42.6 Å². The lowest BCUT2D eigenvalue weighted by Crippen LogP contribution is -1.93. The first-order chi connectivity index (χ1) is 9.54. The van der Waals surface area contributed by atoms with Gasteiger partial charge in [0.05, 0.1) is 5.69 Å². The Morgan fingerprint density at radius 2 is 1.75 bits per heavy atom. The minimum Gasteiger partial charge on any atom is -0.508 e. The summed E-state index contributed by atoms with van der Waals surface area (Å²) in [7, 11) is 1.95. The maximum Gasteiger partial charge on any atom is 0.116 e. The van der Waals surface area contributed by atoms with Crippen molar-refractivity contribution in [2.45, 2.75) is 19.8 Å². The lowest BCUT2D eigenvalue weighted by molar-refractivity contribution is 0.476. The molecule has 1 aromatic heterocycles. The Hall–Kier alpha value is -2.29. The summed E-state index contributed by atoms with van der Waals surface area (Å²) < 4.78 is 1.87. The van der Waals surface area contributed by atoms with Gasteiger partial charge in [0.2, 0.25) is 0 Å². The quantitative estimate of drug-likeness (QED) is 0.759. The molecule has 0 aliphatic rings. The molecule has 0 atom stereocenters. The molecule has 102 valence electrons. The summed E-state index contributed by atoms with van der Waals surface area (Å²) in [4.78, 5) is 0. The maximum atomic E-state index is 9.52. The van der Waals surface area contributed by atoms with Crippen LogP contribution < -0.4 is 0 Å². The molecule has 2 aromatic carbocycles. The zero-order valence-corrected chi connectivity index (χ0v) is 12.0. The van der Waals surface area contributed by atoms with E-state index in [1.54, 1.807) is 12.1 Å². The molecule has 0 unspecified atom stereocenters. The zero-order valence-electron chi connectivity index (χ0n) is 12.0. The Labute approximate surface area is 118 Å². The van der Waals surface area contributed by atoms with Crippen LogP contribution in [-0.2, 0) is 7.05 Å². The van der Waals surface area contributed by atoms with Crippen LogP contribution in [0.5, 0.6) is 5.75 Å². The second-order valence-corrected chi connectivity index (χ2v) is 5.50. The average Bonchev–Trinajstić information content (AvgIpc) is 2.80. The third-order valence-corrected chi connectivity index (χ3v) is 3.54. The normalized spacial score (nSPS) is 11.4. The summed E-state index contributed by atoms with van der Waals surface area (Å²) in [5.41, 5.74) is 3.46. The lowest BCUT2D eigenvalue weighted by Gasteiger charge is -2.07. The van der Waals surface area contributed by atoms with E-state index in [-0.39, 0.29) is 0 Å². The fraction of sp³-hybridized carbons (Fsp3) is 0.235. The van der Waals surface area contributed by atoms with Crippen molar-refractivity contribution in [1.82, 2.24) is 9.78 Å². The molecule has 0 saturated carbocycles. The van der Waals surface area contributed by atoms with Gasteiger partial charge >= 0.3 is 0 Å². The smallest absolute Gasteiger partial charge is 0.116 e. The largest absolute Gasteiger partial charge is 0.508 e. The van der Waals surface area contributed by atoms with Crippen LogP contribution in [0.1, 0.15) is 25.5 Å². The van der Waals surface area contributed by atoms with Gasteiger partial charge in [-0.25, -0.2) is 0 Å². The van der Waals surface area contributed by atoms with Crippen LogP contribution in [0.2, 0.25) is 0 Å². The summed E-state index contributed by atoms with van der Waals surface area (Å²) >= 11 is 0. The van der Waals surface area contributed by atoms with E-state index >= 15 is 0 Å². The van der Waals surface area contributed by atoms with Crippen molar-refractivity contribution in [3.8, 4) is 16.9 Å². The number of aromatic nitrogens is 2. The van der Waals surface area contributed by atoms with Gasteiger partial charge < -0.3 is 5.11 Å². The molecule has 0 aliphatic heterocycles. The average molecular weight is 266 g/mol. The summed E-state index contributed by atoms with van der Waals surface area (Å²) in [6.45, 7) is 4.32.